The van der Waals surface area contributed by atoms with Crippen LogP contribution in [0.25, 0.3) is 0 Å². The molecule has 3 heterocycles. The molecule has 0 saturated carbocycles. The molecule has 0 unspecified atom stereocenters. The smallest absolute Gasteiger partial charge is 0.260 e. The summed E-state index contributed by atoms with van der Waals surface area (Å²) in [4.78, 5) is 26.2. The fourth-order valence-corrected chi connectivity index (χ4v) is 6.30. The van der Waals surface area contributed by atoms with Crippen LogP contribution in [0.2, 0.25) is 0 Å². The molecule has 2 aliphatic heterocycles. The zero-order valence-electron chi connectivity index (χ0n) is 21.9. The first kappa shape index (κ1) is 26.7. The molecule has 1 N–H and O–H groups in total. The Hall–Kier alpha value is -3.53. The maximum absolute atomic E-state index is 14.7. The van der Waals surface area contributed by atoms with Crippen LogP contribution in [0.15, 0.2) is 87.6 Å². The van der Waals surface area contributed by atoms with Gasteiger partial charge in [-0.15, -0.1) is 11.3 Å². The lowest BCUT2D eigenvalue weighted by atomic mass is 9.78. The predicted molar refractivity (Wildman–Crippen MR) is 159 cm³/mol. The fourth-order valence-electron chi connectivity index (χ4n) is 5.27. The van der Waals surface area contributed by atoms with Gasteiger partial charge >= 0.3 is 0 Å². The number of ether oxygens (including phenoxy) is 2. The molecule has 0 aliphatic carbocycles. The monoisotopic (exact) mass is 617 g/mol. The summed E-state index contributed by atoms with van der Waals surface area (Å²) in [5, 5.41) is 12.0. The Labute approximate surface area is 245 Å². The van der Waals surface area contributed by atoms with Gasteiger partial charge in [-0.1, -0.05) is 52.3 Å². The van der Waals surface area contributed by atoms with Gasteiger partial charge in [0.2, 0.25) is 5.90 Å². The van der Waals surface area contributed by atoms with Crippen molar-refractivity contribution in [3.8, 4) is 5.75 Å². The standard InChI is InChI=1S/C31H28BrN3O4S/c1-20-33-23(19-40-20)18-35-27-10-5-3-8-25(27)28-31(30(35)37,17-22-7-2-4-9-26(22)32)34-29(39-28)21-11-13-24(14-12-21)38-16-6-15-36/h2-5,7-14,19,28,36H,6,15-18H2,1H3/t28-,31-/m0/s1. The molecule has 0 radical (unpaired) electrons. The highest BCUT2D eigenvalue weighted by Crippen LogP contribution is 2.50. The van der Waals surface area contributed by atoms with Crippen molar-refractivity contribution >= 4 is 44.8 Å². The van der Waals surface area contributed by atoms with Gasteiger partial charge in [-0.3, -0.25) is 4.79 Å². The number of benzene rings is 3. The average molecular weight is 619 g/mol. The maximum atomic E-state index is 14.7. The van der Waals surface area contributed by atoms with E-state index < -0.39 is 11.6 Å². The lowest BCUT2D eigenvalue weighted by Crippen LogP contribution is -2.55. The summed E-state index contributed by atoms with van der Waals surface area (Å²) in [6, 6.07) is 23.3. The van der Waals surface area contributed by atoms with Crippen molar-refractivity contribution in [2.45, 2.75) is 38.0 Å². The van der Waals surface area contributed by atoms with Gasteiger partial charge in [0.05, 0.1) is 29.5 Å². The third-order valence-electron chi connectivity index (χ3n) is 7.17. The summed E-state index contributed by atoms with van der Waals surface area (Å²) in [6.07, 6.45) is 0.340. The molecule has 2 atom stereocenters. The lowest BCUT2D eigenvalue weighted by molar-refractivity contribution is -0.127. The van der Waals surface area contributed by atoms with E-state index in [1.807, 2.05) is 90.0 Å². The first-order chi connectivity index (χ1) is 19.5. The number of fused-ring (bicyclic) bond motifs is 3. The number of aliphatic imine (C=N–C) groups is 1. The molecule has 0 bridgehead atoms. The molecule has 204 valence electrons. The number of amides is 1. The fraction of sp³-hybridized carbons (Fsp3) is 0.258. The molecule has 0 saturated heterocycles. The minimum absolute atomic E-state index is 0.0817. The van der Waals surface area contributed by atoms with Crippen LogP contribution in [0.1, 0.15) is 39.9 Å². The number of halogens is 1. The van der Waals surface area contributed by atoms with Crippen LogP contribution in [0.4, 0.5) is 5.69 Å². The normalized spacial score (nSPS) is 19.6. The number of aliphatic hydroxyl groups excluding tert-OH is 1. The van der Waals surface area contributed by atoms with Gasteiger partial charge in [-0.25, -0.2) is 9.98 Å². The van der Waals surface area contributed by atoms with E-state index >= 15 is 0 Å². The minimum atomic E-state index is -1.20. The van der Waals surface area contributed by atoms with Gasteiger partial charge in [-0.2, -0.15) is 0 Å². The number of aromatic nitrogens is 1. The number of aliphatic hydroxyl groups is 1. The summed E-state index contributed by atoms with van der Waals surface area (Å²) < 4.78 is 13.2. The first-order valence-corrected chi connectivity index (χ1v) is 14.8. The SMILES string of the molecule is Cc1nc(CN2C(=O)[C@@]3(Cc4ccccc4Br)N=C(c4ccc(OCCCO)cc4)O[C@H]3c3ccccc32)cs1. The second kappa shape index (κ2) is 11.2. The number of carbonyl (C=O) groups excluding carboxylic acids is 1. The van der Waals surface area contributed by atoms with Crippen molar-refractivity contribution in [1.29, 1.82) is 0 Å². The highest BCUT2D eigenvalue weighted by Gasteiger charge is 2.58. The summed E-state index contributed by atoms with van der Waals surface area (Å²) in [6.45, 7) is 2.84. The number of thiazole rings is 1. The number of nitrogens with zero attached hydrogens (tertiary/aromatic N) is 3. The van der Waals surface area contributed by atoms with Crippen LogP contribution in [-0.2, 0) is 22.5 Å². The topological polar surface area (TPSA) is 84.3 Å². The number of aryl methyl sites for hydroxylation is 1. The number of anilines is 1. The van der Waals surface area contributed by atoms with Crippen molar-refractivity contribution in [2.24, 2.45) is 4.99 Å². The maximum Gasteiger partial charge on any atom is 0.260 e. The molecule has 0 fully saturated rings. The lowest BCUT2D eigenvalue weighted by Gasteiger charge is -2.41. The van der Waals surface area contributed by atoms with Crippen LogP contribution in [0.3, 0.4) is 0 Å². The molecule has 4 aromatic rings. The molecule has 1 amide bonds. The molecule has 40 heavy (non-hydrogen) atoms. The Kier molecular flexibility index (Phi) is 7.44. The third-order valence-corrected chi connectivity index (χ3v) is 8.76. The van der Waals surface area contributed by atoms with Crippen molar-refractivity contribution in [3.63, 3.8) is 0 Å². The Balaban J connectivity index is 1.44. The van der Waals surface area contributed by atoms with Gasteiger partial charge in [0, 0.05) is 40.4 Å². The Morgan fingerprint density at radius 2 is 1.88 bits per heavy atom. The second-order valence-corrected chi connectivity index (χ2v) is 11.8. The number of rotatable bonds is 9. The molecule has 9 heteroatoms. The Morgan fingerprint density at radius 3 is 2.62 bits per heavy atom. The zero-order valence-corrected chi connectivity index (χ0v) is 24.3. The number of hydrogen-bond donors (Lipinski definition) is 1. The van der Waals surface area contributed by atoms with Crippen LogP contribution in [0.5, 0.6) is 5.75 Å². The predicted octanol–water partition coefficient (Wildman–Crippen LogP) is 6.02. The van der Waals surface area contributed by atoms with E-state index in [9.17, 15) is 4.79 Å². The molecule has 1 aromatic heterocycles. The van der Waals surface area contributed by atoms with Gasteiger partial charge in [0.25, 0.3) is 5.91 Å². The molecule has 3 aromatic carbocycles. The minimum Gasteiger partial charge on any atom is -0.494 e. The largest absolute Gasteiger partial charge is 0.494 e. The van der Waals surface area contributed by atoms with Gasteiger partial charge in [0.15, 0.2) is 11.6 Å². The number of para-hydroxylation sites is 1. The van der Waals surface area contributed by atoms with Crippen molar-refractivity contribution in [2.75, 3.05) is 18.1 Å². The molecule has 0 spiro atoms. The van der Waals surface area contributed by atoms with Crippen molar-refractivity contribution in [1.82, 2.24) is 4.98 Å². The highest BCUT2D eigenvalue weighted by molar-refractivity contribution is 9.10. The quantitative estimate of drug-likeness (QED) is 0.232. The Morgan fingerprint density at radius 1 is 1.10 bits per heavy atom. The first-order valence-electron chi connectivity index (χ1n) is 13.1. The van der Waals surface area contributed by atoms with Crippen molar-refractivity contribution in [3.05, 3.63) is 110 Å². The van der Waals surface area contributed by atoms with Gasteiger partial charge < -0.3 is 19.5 Å². The number of hydrogen-bond acceptors (Lipinski definition) is 7. The van der Waals surface area contributed by atoms with Crippen LogP contribution >= 0.6 is 27.3 Å². The average Bonchev–Trinajstić information content (AvgIpc) is 3.57. The van der Waals surface area contributed by atoms with Gasteiger partial charge in [0.1, 0.15) is 5.75 Å². The second-order valence-electron chi connectivity index (χ2n) is 9.87. The zero-order chi connectivity index (χ0) is 27.7. The van der Waals surface area contributed by atoms with E-state index in [1.54, 1.807) is 11.3 Å². The van der Waals surface area contributed by atoms with Crippen LogP contribution in [-0.4, -0.2) is 40.6 Å². The third kappa shape index (κ3) is 4.93. The highest BCUT2D eigenvalue weighted by atomic mass is 79.9. The van der Waals surface area contributed by atoms with Gasteiger partial charge in [-0.05, 0) is 48.9 Å². The summed E-state index contributed by atoms with van der Waals surface area (Å²) in [5.74, 6) is 1.01. The summed E-state index contributed by atoms with van der Waals surface area (Å²) in [7, 11) is 0. The summed E-state index contributed by atoms with van der Waals surface area (Å²) in [5.41, 5.74) is 3.13. The van der Waals surface area contributed by atoms with E-state index in [0.717, 1.165) is 37.6 Å². The van der Waals surface area contributed by atoms with E-state index in [0.29, 0.717) is 37.6 Å². The van der Waals surface area contributed by atoms with E-state index in [-0.39, 0.29) is 12.5 Å². The molecule has 2 aliphatic rings. The molecule has 6 rings (SSSR count). The van der Waals surface area contributed by atoms with Crippen LogP contribution < -0.4 is 9.64 Å². The molecular weight excluding hydrogens is 590 g/mol. The van der Waals surface area contributed by atoms with E-state index in [1.165, 1.54) is 0 Å². The van der Waals surface area contributed by atoms with Crippen molar-refractivity contribution < 1.29 is 19.4 Å². The Bertz CT molecular complexity index is 1570. The van der Waals surface area contributed by atoms with Crippen LogP contribution in [0, 0.1) is 6.92 Å². The molecular formula is C31H28BrN3O4S. The molecule has 7 nitrogen and oxygen atoms in total. The number of carbonyl (C=O) groups is 1. The van der Waals surface area contributed by atoms with E-state index in [4.69, 9.17) is 19.6 Å². The van der Waals surface area contributed by atoms with E-state index in [2.05, 4.69) is 20.9 Å². The summed E-state index contributed by atoms with van der Waals surface area (Å²) >= 11 is 5.25.